The summed E-state index contributed by atoms with van der Waals surface area (Å²) in [7, 11) is 0. The molecule has 3 rings (SSSR count). The quantitative estimate of drug-likeness (QED) is 0.875. The van der Waals surface area contributed by atoms with E-state index in [2.05, 4.69) is 15.5 Å². The highest BCUT2D eigenvalue weighted by molar-refractivity contribution is 5.77. The number of ether oxygens (including phenoxy) is 1. The molecule has 1 fully saturated rings. The van der Waals surface area contributed by atoms with Gasteiger partial charge < -0.3 is 14.5 Å². The highest BCUT2D eigenvalue weighted by Gasteiger charge is 2.42. The van der Waals surface area contributed by atoms with Crippen LogP contribution in [0.3, 0.4) is 0 Å². The Morgan fingerprint density at radius 1 is 1.23 bits per heavy atom. The molecular weight excluding hydrogens is 351 g/mol. The summed E-state index contributed by atoms with van der Waals surface area (Å²) in [6, 6.07) is 8.52. The minimum absolute atomic E-state index is 0.103. The number of alkyl halides is 3. The van der Waals surface area contributed by atoms with Crippen LogP contribution in [0.1, 0.15) is 25.7 Å². The standard InChI is InChI=1S/C17H18F3N3O3/c18-17(19,20)12-7-4-8-13(9-12)21-14(24)10-25-16-23-22-15(26-16)11-5-2-1-3-6-11/h1-3,5-6,12-13H,4,7-10H2,(H,21,24)/t12-,13-/m0/s1. The monoisotopic (exact) mass is 369 g/mol. The first-order valence-electron chi connectivity index (χ1n) is 8.29. The van der Waals surface area contributed by atoms with Gasteiger partial charge in [-0.1, -0.05) is 29.7 Å². The van der Waals surface area contributed by atoms with Crippen molar-refractivity contribution in [1.29, 1.82) is 0 Å². The number of nitrogens with zero attached hydrogens (tertiary/aromatic N) is 2. The van der Waals surface area contributed by atoms with Crippen molar-refractivity contribution >= 4 is 5.91 Å². The molecule has 1 saturated carbocycles. The molecule has 0 bridgehead atoms. The van der Waals surface area contributed by atoms with Gasteiger partial charge in [-0.15, -0.1) is 5.10 Å². The molecule has 0 saturated heterocycles. The Morgan fingerprint density at radius 2 is 2.00 bits per heavy atom. The van der Waals surface area contributed by atoms with Crippen LogP contribution in [0, 0.1) is 5.92 Å². The van der Waals surface area contributed by atoms with Crippen molar-refractivity contribution in [2.45, 2.75) is 37.9 Å². The second kappa shape index (κ2) is 7.76. The molecule has 1 amide bonds. The molecule has 9 heteroatoms. The smallest absolute Gasteiger partial charge is 0.415 e. The topological polar surface area (TPSA) is 77.2 Å². The van der Waals surface area contributed by atoms with E-state index in [4.69, 9.17) is 9.15 Å². The maximum absolute atomic E-state index is 12.8. The summed E-state index contributed by atoms with van der Waals surface area (Å²) in [5.41, 5.74) is 0.708. The van der Waals surface area contributed by atoms with E-state index in [9.17, 15) is 18.0 Å². The summed E-state index contributed by atoms with van der Waals surface area (Å²) in [4.78, 5) is 11.9. The minimum Gasteiger partial charge on any atom is -0.439 e. The average Bonchev–Trinajstić information content (AvgIpc) is 3.09. The molecule has 0 spiro atoms. The molecule has 0 aliphatic heterocycles. The van der Waals surface area contributed by atoms with Gasteiger partial charge in [-0.3, -0.25) is 4.79 Å². The van der Waals surface area contributed by atoms with Crippen LogP contribution in [0.5, 0.6) is 6.08 Å². The van der Waals surface area contributed by atoms with E-state index in [1.807, 2.05) is 18.2 Å². The van der Waals surface area contributed by atoms with Crippen LogP contribution < -0.4 is 10.1 Å². The molecule has 6 nitrogen and oxygen atoms in total. The van der Waals surface area contributed by atoms with Crippen LogP contribution in [0.15, 0.2) is 34.7 Å². The first-order valence-corrected chi connectivity index (χ1v) is 8.29. The Labute approximate surface area is 147 Å². The highest BCUT2D eigenvalue weighted by atomic mass is 19.4. The fraction of sp³-hybridized carbons (Fsp3) is 0.471. The van der Waals surface area contributed by atoms with Crippen molar-refractivity contribution in [2.24, 2.45) is 5.92 Å². The van der Waals surface area contributed by atoms with Crippen molar-refractivity contribution in [2.75, 3.05) is 6.61 Å². The van der Waals surface area contributed by atoms with Crippen LogP contribution in [-0.4, -0.2) is 34.9 Å². The van der Waals surface area contributed by atoms with Gasteiger partial charge in [0, 0.05) is 11.6 Å². The van der Waals surface area contributed by atoms with Gasteiger partial charge in [0.1, 0.15) is 0 Å². The largest absolute Gasteiger partial charge is 0.439 e. The number of halogens is 3. The first kappa shape index (κ1) is 18.2. The van der Waals surface area contributed by atoms with E-state index in [0.717, 1.165) is 0 Å². The van der Waals surface area contributed by atoms with Gasteiger partial charge in [0.15, 0.2) is 6.61 Å². The lowest BCUT2D eigenvalue weighted by Crippen LogP contribution is -2.43. The summed E-state index contributed by atoms with van der Waals surface area (Å²) in [5.74, 6) is -1.63. The number of carbonyl (C=O) groups excluding carboxylic acids is 1. The number of carbonyl (C=O) groups is 1. The molecule has 1 aromatic heterocycles. The van der Waals surface area contributed by atoms with Gasteiger partial charge in [-0.05, 0) is 31.4 Å². The average molecular weight is 369 g/mol. The molecule has 0 unspecified atom stereocenters. The predicted octanol–water partition coefficient (Wildman–Crippen LogP) is 3.35. The number of benzene rings is 1. The van der Waals surface area contributed by atoms with E-state index in [1.54, 1.807) is 12.1 Å². The lowest BCUT2D eigenvalue weighted by molar-refractivity contribution is -0.184. The fourth-order valence-electron chi connectivity index (χ4n) is 2.98. The van der Waals surface area contributed by atoms with Crippen LogP contribution in [-0.2, 0) is 4.79 Å². The number of hydrogen-bond acceptors (Lipinski definition) is 5. The van der Waals surface area contributed by atoms with Crippen molar-refractivity contribution in [3.8, 4) is 17.5 Å². The normalized spacial score (nSPS) is 20.6. The van der Waals surface area contributed by atoms with Crippen molar-refractivity contribution in [3.05, 3.63) is 30.3 Å². The fourth-order valence-corrected chi connectivity index (χ4v) is 2.98. The number of aromatic nitrogens is 2. The lowest BCUT2D eigenvalue weighted by Gasteiger charge is -2.30. The second-order valence-corrected chi connectivity index (χ2v) is 6.20. The number of hydrogen-bond donors (Lipinski definition) is 1. The van der Waals surface area contributed by atoms with Crippen LogP contribution in [0.2, 0.25) is 0 Å². The van der Waals surface area contributed by atoms with E-state index in [0.29, 0.717) is 18.4 Å². The molecular formula is C17H18F3N3O3. The highest BCUT2D eigenvalue weighted by Crippen LogP contribution is 2.37. The zero-order valence-corrected chi connectivity index (χ0v) is 13.8. The van der Waals surface area contributed by atoms with E-state index in [-0.39, 0.29) is 24.8 Å². The van der Waals surface area contributed by atoms with E-state index < -0.39 is 30.7 Å². The molecule has 140 valence electrons. The Balaban J connectivity index is 1.48. The third kappa shape index (κ3) is 4.74. The Bertz CT molecular complexity index is 734. The molecule has 1 aliphatic rings. The number of nitrogens with one attached hydrogen (secondary N) is 1. The van der Waals surface area contributed by atoms with Crippen molar-refractivity contribution in [1.82, 2.24) is 15.5 Å². The van der Waals surface area contributed by atoms with Crippen LogP contribution >= 0.6 is 0 Å². The molecule has 1 aromatic carbocycles. The third-order valence-corrected chi connectivity index (χ3v) is 4.26. The van der Waals surface area contributed by atoms with E-state index in [1.165, 1.54) is 0 Å². The first-order chi connectivity index (χ1) is 12.4. The molecule has 26 heavy (non-hydrogen) atoms. The molecule has 1 N–H and O–H groups in total. The van der Waals surface area contributed by atoms with Crippen LogP contribution in [0.4, 0.5) is 13.2 Å². The van der Waals surface area contributed by atoms with Crippen molar-refractivity contribution in [3.63, 3.8) is 0 Å². The van der Waals surface area contributed by atoms with E-state index >= 15 is 0 Å². The SMILES string of the molecule is O=C(COc1nnc(-c2ccccc2)o1)N[C@H]1CCC[C@H](C(F)(F)F)C1. The molecule has 0 radical (unpaired) electrons. The summed E-state index contributed by atoms with van der Waals surface area (Å²) in [6.07, 6.45) is -3.44. The van der Waals surface area contributed by atoms with Gasteiger partial charge in [0.25, 0.3) is 11.8 Å². The maximum Gasteiger partial charge on any atom is 0.415 e. The second-order valence-electron chi connectivity index (χ2n) is 6.20. The van der Waals surface area contributed by atoms with Crippen molar-refractivity contribution < 1.29 is 27.1 Å². The third-order valence-electron chi connectivity index (χ3n) is 4.26. The van der Waals surface area contributed by atoms with Gasteiger partial charge in [0.05, 0.1) is 5.92 Å². The summed E-state index contributed by atoms with van der Waals surface area (Å²) >= 11 is 0. The Hall–Kier alpha value is -2.58. The predicted molar refractivity (Wildman–Crippen MR) is 85.2 cm³/mol. The molecule has 1 heterocycles. The molecule has 1 aliphatic carbocycles. The van der Waals surface area contributed by atoms with Gasteiger partial charge in [0.2, 0.25) is 0 Å². The summed E-state index contributed by atoms with van der Waals surface area (Å²) in [5, 5.41) is 10.1. The van der Waals surface area contributed by atoms with Crippen LogP contribution in [0.25, 0.3) is 11.5 Å². The number of rotatable bonds is 5. The maximum atomic E-state index is 12.8. The minimum atomic E-state index is -4.22. The van der Waals surface area contributed by atoms with Gasteiger partial charge >= 0.3 is 12.3 Å². The lowest BCUT2D eigenvalue weighted by atomic mass is 9.85. The summed E-state index contributed by atoms with van der Waals surface area (Å²) < 4.78 is 48.8. The molecule has 2 atom stereocenters. The summed E-state index contributed by atoms with van der Waals surface area (Å²) in [6.45, 7) is -0.399. The Kier molecular flexibility index (Phi) is 5.43. The zero-order valence-electron chi connectivity index (χ0n) is 13.8. The number of amides is 1. The zero-order chi connectivity index (χ0) is 18.6. The van der Waals surface area contributed by atoms with Gasteiger partial charge in [-0.2, -0.15) is 13.2 Å². The Morgan fingerprint density at radius 3 is 2.73 bits per heavy atom. The molecule has 2 aromatic rings. The van der Waals surface area contributed by atoms with Gasteiger partial charge in [-0.25, -0.2) is 0 Å².